The Morgan fingerprint density at radius 2 is 1.91 bits per heavy atom. The zero-order valence-electron chi connectivity index (χ0n) is 13.2. The Hall–Kier alpha value is -2.95. The average molecular weight is 308 g/mol. The first-order chi connectivity index (χ1) is 11.1. The molecule has 5 heteroatoms. The van der Waals surface area contributed by atoms with Crippen LogP contribution in [0, 0.1) is 13.8 Å². The second-order valence-electron chi connectivity index (χ2n) is 5.31. The van der Waals surface area contributed by atoms with Gasteiger partial charge in [0, 0.05) is 11.1 Å². The van der Waals surface area contributed by atoms with E-state index in [2.05, 4.69) is 10.1 Å². The van der Waals surface area contributed by atoms with Crippen LogP contribution in [0.15, 0.2) is 47.0 Å². The first kappa shape index (κ1) is 15.0. The number of benzene rings is 2. The number of nitrogens with zero attached hydrogens (tertiary/aromatic N) is 2. The summed E-state index contributed by atoms with van der Waals surface area (Å²) in [6.07, 6.45) is 0. The Labute approximate surface area is 133 Å². The molecule has 0 radical (unpaired) electrons. The summed E-state index contributed by atoms with van der Waals surface area (Å²) in [6.45, 7) is 3.85. The number of aryl methyl sites for hydroxylation is 2. The molecule has 0 N–H and O–H groups in total. The molecule has 3 rings (SSSR count). The molecule has 0 aliphatic heterocycles. The second-order valence-corrected chi connectivity index (χ2v) is 5.31. The molecule has 0 unspecified atom stereocenters. The maximum atomic E-state index is 11.6. The van der Waals surface area contributed by atoms with E-state index in [1.54, 1.807) is 12.1 Å². The highest BCUT2D eigenvalue weighted by Gasteiger charge is 2.14. The van der Waals surface area contributed by atoms with E-state index in [9.17, 15) is 4.79 Å². The van der Waals surface area contributed by atoms with E-state index < -0.39 is 0 Å². The lowest BCUT2D eigenvalue weighted by Crippen LogP contribution is -2.03. The minimum Gasteiger partial charge on any atom is -0.465 e. The van der Waals surface area contributed by atoms with E-state index in [4.69, 9.17) is 9.26 Å². The number of esters is 1. The van der Waals surface area contributed by atoms with Gasteiger partial charge in [0.1, 0.15) is 0 Å². The molecule has 1 aromatic heterocycles. The number of methoxy groups -OCH3 is 1. The molecule has 2 aromatic carbocycles. The Kier molecular flexibility index (Phi) is 3.93. The SMILES string of the molecule is COC(=O)c1ccc(-c2noc(-c3cccc(C)c3)n2)cc1C. The van der Waals surface area contributed by atoms with Crippen molar-refractivity contribution in [3.8, 4) is 22.8 Å². The van der Waals surface area contributed by atoms with Gasteiger partial charge in [0.05, 0.1) is 12.7 Å². The molecule has 0 fully saturated rings. The van der Waals surface area contributed by atoms with Crippen molar-refractivity contribution in [2.45, 2.75) is 13.8 Å². The molecule has 0 saturated heterocycles. The molecule has 0 amide bonds. The summed E-state index contributed by atoms with van der Waals surface area (Å²) in [7, 11) is 1.36. The number of carbonyl (C=O) groups is 1. The van der Waals surface area contributed by atoms with Crippen LogP contribution in [0.25, 0.3) is 22.8 Å². The summed E-state index contributed by atoms with van der Waals surface area (Å²) in [6, 6.07) is 13.2. The van der Waals surface area contributed by atoms with E-state index in [1.165, 1.54) is 7.11 Å². The third-order valence-electron chi connectivity index (χ3n) is 3.58. The van der Waals surface area contributed by atoms with Crippen LogP contribution in [-0.4, -0.2) is 23.2 Å². The molecule has 0 atom stereocenters. The fraction of sp³-hybridized carbons (Fsp3) is 0.167. The van der Waals surface area contributed by atoms with Crippen molar-refractivity contribution in [3.05, 3.63) is 59.2 Å². The summed E-state index contributed by atoms with van der Waals surface area (Å²) in [5.41, 5.74) is 4.12. The Balaban J connectivity index is 1.94. The second kappa shape index (κ2) is 6.04. The Morgan fingerprint density at radius 3 is 2.61 bits per heavy atom. The molecule has 116 valence electrons. The number of rotatable bonds is 3. The van der Waals surface area contributed by atoms with Gasteiger partial charge in [0.15, 0.2) is 0 Å². The average Bonchev–Trinajstić information content (AvgIpc) is 3.04. The highest BCUT2D eigenvalue weighted by molar-refractivity contribution is 5.91. The zero-order chi connectivity index (χ0) is 16.4. The van der Waals surface area contributed by atoms with Gasteiger partial charge >= 0.3 is 5.97 Å². The molecule has 3 aromatic rings. The van der Waals surface area contributed by atoms with Crippen LogP contribution >= 0.6 is 0 Å². The smallest absolute Gasteiger partial charge is 0.338 e. The minimum absolute atomic E-state index is 0.359. The van der Waals surface area contributed by atoms with Crippen molar-refractivity contribution >= 4 is 5.97 Å². The maximum absolute atomic E-state index is 11.6. The van der Waals surface area contributed by atoms with Crippen molar-refractivity contribution in [1.82, 2.24) is 10.1 Å². The van der Waals surface area contributed by atoms with E-state index in [1.807, 2.05) is 44.2 Å². The van der Waals surface area contributed by atoms with Gasteiger partial charge in [0.25, 0.3) is 5.89 Å². The predicted octanol–water partition coefficient (Wildman–Crippen LogP) is 3.81. The standard InChI is InChI=1S/C18H16N2O3/c1-11-5-4-6-14(9-11)17-19-16(20-23-17)13-7-8-15(12(2)10-13)18(21)22-3/h4-10H,1-3H3. The predicted molar refractivity (Wildman–Crippen MR) is 86.0 cm³/mol. The van der Waals surface area contributed by atoms with Crippen LogP contribution < -0.4 is 0 Å². The number of aromatic nitrogens is 2. The van der Waals surface area contributed by atoms with Gasteiger partial charge in [-0.3, -0.25) is 0 Å². The molecule has 0 aliphatic rings. The van der Waals surface area contributed by atoms with Gasteiger partial charge in [-0.2, -0.15) is 4.98 Å². The van der Waals surface area contributed by atoms with Gasteiger partial charge in [0.2, 0.25) is 5.82 Å². The van der Waals surface area contributed by atoms with Crippen LogP contribution in [0.2, 0.25) is 0 Å². The van der Waals surface area contributed by atoms with Crippen LogP contribution in [0.4, 0.5) is 0 Å². The lowest BCUT2D eigenvalue weighted by Gasteiger charge is -2.04. The van der Waals surface area contributed by atoms with Crippen LogP contribution in [0.5, 0.6) is 0 Å². The van der Waals surface area contributed by atoms with Gasteiger partial charge in [-0.05, 0) is 43.7 Å². The van der Waals surface area contributed by atoms with Crippen LogP contribution in [0.1, 0.15) is 21.5 Å². The normalized spacial score (nSPS) is 10.6. The molecule has 0 spiro atoms. The number of ether oxygens (including phenoxy) is 1. The highest BCUT2D eigenvalue weighted by atomic mass is 16.5. The number of hydrogen-bond acceptors (Lipinski definition) is 5. The molecular weight excluding hydrogens is 292 g/mol. The monoisotopic (exact) mass is 308 g/mol. The molecular formula is C18H16N2O3. The van der Waals surface area contributed by atoms with Crippen molar-refractivity contribution < 1.29 is 14.1 Å². The largest absolute Gasteiger partial charge is 0.465 e. The van der Waals surface area contributed by atoms with E-state index in [0.717, 1.165) is 22.3 Å². The van der Waals surface area contributed by atoms with Crippen molar-refractivity contribution in [2.75, 3.05) is 7.11 Å². The molecule has 23 heavy (non-hydrogen) atoms. The molecule has 0 saturated carbocycles. The summed E-state index contributed by atoms with van der Waals surface area (Å²) in [5.74, 6) is 0.599. The van der Waals surface area contributed by atoms with Crippen LogP contribution in [0.3, 0.4) is 0 Å². The van der Waals surface area contributed by atoms with Gasteiger partial charge in [-0.1, -0.05) is 28.9 Å². The fourth-order valence-corrected chi connectivity index (χ4v) is 2.38. The summed E-state index contributed by atoms with van der Waals surface area (Å²) in [4.78, 5) is 16.1. The first-order valence-electron chi connectivity index (χ1n) is 7.18. The van der Waals surface area contributed by atoms with Gasteiger partial charge in [-0.25, -0.2) is 4.79 Å². The zero-order valence-corrected chi connectivity index (χ0v) is 13.2. The Morgan fingerprint density at radius 1 is 1.09 bits per heavy atom. The number of hydrogen-bond donors (Lipinski definition) is 0. The quantitative estimate of drug-likeness (QED) is 0.688. The molecule has 0 bridgehead atoms. The molecule has 0 aliphatic carbocycles. The first-order valence-corrected chi connectivity index (χ1v) is 7.18. The Bertz CT molecular complexity index is 868. The van der Waals surface area contributed by atoms with E-state index in [0.29, 0.717) is 17.3 Å². The van der Waals surface area contributed by atoms with Crippen molar-refractivity contribution in [2.24, 2.45) is 0 Å². The maximum Gasteiger partial charge on any atom is 0.338 e. The lowest BCUT2D eigenvalue weighted by atomic mass is 10.0. The lowest BCUT2D eigenvalue weighted by molar-refractivity contribution is 0.0600. The highest BCUT2D eigenvalue weighted by Crippen LogP contribution is 2.24. The minimum atomic E-state index is -0.359. The van der Waals surface area contributed by atoms with Gasteiger partial charge < -0.3 is 9.26 Å². The van der Waals surface area contributed by atoms with Crippen LogP contribution in [-0.2, 0) is 4.74 Å². The molecule has 1 heterocycles. The van der Waals surface area contributed by atoms with E-state index in [-0.39, 0.29) is 5.97 Å². The van der Waals surface area contributed by atoms with Crippen molar-refractivity contribution in [1.29, 1.82) is 0 Å². The summed E-state index contributed by atoms with van der Waals surface area (Å²) >= 11 is 0. The summed E-state index contributed by atoms with van der Waals surface area (Å²) in [5, 5.41) is 4.03. The van der Waals surface area contributed by atoms with Crippen molar-refractivity contribution in [3.63, 3.8) is 0 Å². The number of carbonyl (C=O) groups excluding carboxylic acids is 1. The topological polar surface area (TPSA) is 65.2 Å². The summed E-state index contributed by atoms with van der Waals surface area (Å²) < 4.78 is 10.1. The van der Waals surface area contributed by atoms with E-state index >= 15 is 0 Å². The third-order valence-corrected chi connectivity index (χ3v) is 3.58. The van der Waals surface area contributed by atoms with Gasteiger partial charge in [-0.15, -0.1) is 0 Å². The third kappa shape index (κ3) is 2.99. The molecule has 5 nitrogen and oxygen atoms in total. The fourth-order valence-electron chi connectivity index (χ4n) is 2.38.